The van der Waals surface area contributed by atoms with Crippen LogP contribution in [0.4, 0.5) is 8.78 Å². The van der Waals surface area contributed by atoms with E-state index in [-0.39, 0.29) is 17.6 Å². The van der Waals surface area contributed by atoms with Gasteiger partial charge in [0.25, 0.3) is 6.43 Å². The van der Waals surface area contributed by atoms with Gasteiger partial charge in [-0.15, -0.1) is 0 Å². The van der Waals surface area contributed by atoms with Crippen LogP contribution in [0.3, 0.4) is 0 Å². The van der Waals surface area contributed by atoms with Gasteiger partial charge in [0.15, 0.2) is 0 Å². The molecule has 0 aromatic carbocycles. The fourth-order valence-electron chi connectivity index (χ4n) is 1.28. The van der Waals surface area contributed by atoms with Gasteiger partial charge in [-0.05, 0) is 22.9 Å². The zero-order valence-electron chi connectivity index (χ0n) is 10.2. The molecule has 1 rings (SSSR count). The van der Waals surface area contributed by atoms with Crippen molar-refractivity contribution < 1.29 is 23.1 Å². The van der Waals surface area contributed by atoms with Crippen molar-refractivity contribution in [3.05, 3.63) is 15.9 Å². The van der Waals surface area contributed by atoms with E-state index in [0.717, 1.165) is 4.68 Å². The molecule has 106 valence electrons. The molecule has 1 aromatic heterocycles. The van der Waals surface area contributed by atoms with Crippen LogP contribution < -0.4 is 5.32 Å². The first kappa shape index (κ1) is 15.5. The number of amides is 1. The van der Waals surface area contributed by atoms with E-state index in [1.54, 1.807) is 6.92 Å². The minimum atomic E-state index is -2.73. The minimum absolute atomic E-state index is 0.170. The second-order valence-electron chi connectivity index (χ2n) is 3.60. The molecule has 9 heteroatoms. The van der Waals surface area contributed by atoms with Crippen LogP contribution in [0.5, 0.6) is 0 Å². The van der Waals surface area contributed by atoms with Gasteiger partial charge in [0.2, 0.25) is 5.91 Å². The molecule has 6 nitrogen and oxygen atoms in total. The van der Waals surface area contributed by atoms with Gasteiger partial charge in [-0.1, -0.05) is 0 Å². The van der Waals surface area contributed by atoms with Gasteiger partial charge in [0.05, 0.1) is 17.3 Å². The molecule has 0 saturated heterocycles. The largest absolute Gasteiger partial charge is 0.468 e. The summed E-state index contributed by atoms with van der Waals surface area (Å²) in [6.07, 6.45) is -2.73. The summed E-state index contributed by atoms with van der Waals surface area (Å²) in [6.45, 7) is 1.02. The van der Waals surface area contributed by atoms with Crippen LogP contribution in [0, 0.1) is 6.92 Å². The van der Waals surface area contributed by atoms with Crippen LogP contribution in [-0.2, 0) is 20.9 Å². The lowest BCUT2D eigenvalue weighted by Gasteiger charge is -2.05. The molecule has 0 aliphatic rings. The summed E-state index contributed by atoms with van der Waals surface area (Å²) < 4.78 is 30.8. The second kappa shape index (κ2) is 6.60. The molecule has 0 unspecified atom stereocenters. The molecule has 0 fully saturated rings. The summed E-state index contributed by atoms with van der Waals surface area (Å²) >= 11 is 3.00. The standard InChI is InChI=1S/C10H12BrF2N3O3/c1-5-8(11)9(10(12)13)15-16(5)4-6(17)14-3-7(18)19-2/h10H,3-4H2,1-2H3,(H,14,17). The number of carbonyl (C=O) groups is 2. The summed E-state index contributed by atoms with van der Waals surface area (Å²) in [5.74, 6) is -1.12. The smallest absolute Gasteiger partial charge is 0.325 e. The van der Waals surface area contributed by atoms with E-state index in [9.17, 15) is 18.4 Å². The first-order valence-electron chi connectivity index (χ1n) is 5.21. The average Bonchev–Trinajstić information content (AvgIpc) is 2.64. The Morgan fingerprint density at radius 2 is 2.16 bits per heavy atom. The van der Waals surface area contributed by atoms with Gasteiger partial charge < -0.3 is 10.1 Å². The lowest BCUT2D eigenvalue weighted by molar-refractivity contribution is -0.141. The molecule has 0 spiro atoms. The van der Waals surface area contributed by atoms with Gasteiger partial charge in [-0.2, -0.15) is 5.10 Å². The van der Waals surface area contributed by atoms with Gasteiger partial charge >= 0.3 is 5.97 Å². The maximum atomic E-state index is 12.6. The van der Waals surface area contributed by atoms with Crippen LogP contribution in [-0.4, -0.2) is 35.3 Å². The first-order valence-corrected chi connectivity index (χ1v) is 6.00. The molecule has 0 bridgehead atoms. The summed E-state index contributed by atoms with van der Waals surface area (Å²) in [4.78, 5) is 22.3. The van der Waals surface area contributed by atoms with Gasteiger partial charge in [-0.3, -0.25) is 14.3 Å². The van der Waals surface area contributed by atoms with Gasteiger partial charge in [0.1, 0.15) is 18.8 Å². The number of alkyl halides is 2. The van der Waals surface area contributed by atoms with E-state index < -0.39 is 24.0 Å². The monoisotopic (exact) mass is 339 g/mol. The molecule has 19 heavy (non-hydrogen) atoms. The van der Waals surface area contributed by atoms with Crippen LogP contribution in [0.25, 0.3) is 0 Å². The number of halogens is 3. The normalized spacial score (nSPS) is 10.6. The van der Waals surface area contributed by atoms with Crippen molar-refractivity contribution >= 4 is 27.8 Å². The highest BCUT2D eigenvalue weighted by Crippen LogP contribution is 2.28. The quantitative estimate of drug-likeness (QED) is 0.817. The highest BCUT2D eigenvalue weighted by atomic mass is 79.9. The Morgan fingerprint density at radius 3 is 2.63 bits per heavy atom. The lowest BCUT2D eigenvalue weighted by Crippen LogP contribution is -2.33. The van der Waals surface area contributed by atoms with Gasteiger partial charge in [-0.25, -0.2) is 8.78 Å². The summed E-state index contributed by atoms with van der Waals surface area (Å²) in [6, 6.07) is 0. The highest BCUT2D eigenvalue weighted by molar-refractivity contribution is 9.10. The Hall–Kier alpha value is -1.51. The SMILES string of the molecule is COC(=O)CNC(=O)Cn1nc(C(F)F)c(Br)c1C. The molecule has 0 aliphatic heterocycles. The fraction of sp³-hybridized carbons (Fsp3) is 0.500. The highest BCUT2D eigenvalue weighted by Gasteiger charge is 2.21. The van der Waals surface area contributed by atoms with Crippen molar-refractivity contribution in [2.24, 2.45) is 0 Å². The Balaban J connectivity index is 2.69. The Kier molecular flexibility index (Phi) is 5.40. The topological polar surface area (TPSA) is 73.2 Å². The molecule has 1 amide bonds. The average molecular weight is 340 g/mol. The molecule has 0 aliphatic carbocycles. The number of aromatic nitrogens is 2. The van der Waals surface area contributed by atoms with Crippen molar-refractivity contribution in [1.82, 2.24) is 15.1 Å². The number of rotatable bonds is 5. The van der Waals surface area contributed by atoms with E-state index >= 15 is 0 Å². The molecular formula is C10H12BrF2N3O3. The molecule has 1 heterocycles. The number of carbonyl (C=O) groups excluding carboxylic acids is 2. The van der Waals surface area contributed by atoms with Crippen LogP contribution >= 0.6 is 15.9 Å². The number of methoxy groups -OCH3 is 1. The molecule has 0 atom stereocenters. The first-order chi connectivity index (χ1) is 8.86. The van der Waals surface area contributed by atoms with Crippen LogP contribution in [0.15, 0.2) is 4.47 Å². The number of esters is 1. The summed E-state index contributed by atoms with van der Waals surface area (Å²) in [5, 5.41) is 5.93. The van der Waals surface area contributed by atoms with Crippen molar-refractivity contribution in [3.63, 3.8) is 0 Å². The number of nitrogens with one attached hydrogen (secondary N) is 1. The van der Waals surface area contributed by atoms with Crippen LogP contribution in [0.1, 0.15) is 17.8 Å². The zero-order valence-corrected chi connectivity index (χ0v) is 11.8. The van der Waals surface area contributed by atoms with Crippen molar-refractivity contribution in [3.8, 4) is 0 Å². The maximum absolute atomic E-state index is 12.6. The van der Waals surface area contributed by atoms with E-state index in [0.29, 0.717) is 5.69 Å². The number of nitrogens with zero attached hydrogens (tertiary/aromatic N) is 2. The number of hydrogen-bond donors (Lipinski definition) is 1. The maximum Gasteiger partial charge on any atom is 0.325 e. The van der Waals surface area contributed by atoms with Crippen molar-refractivity contribution in [1.29, 1.82) is 0 Å². The van der Waals surface area contributed by atoms with Crippen molar-refractivity contribution in [2.75, 3.05) is 13.7 Å². The Morgan fingerprint density at radius 1 is 1.53 bits per heavy atom. The second-order valence-corrected chi connectivity index (χ2v) is 4.39. The Labute approximate surface area is 116 Å². The predicted octanol–water partition coefficient (Wildman–Crippen LogP) is 1.18. The van der Waals surface area contributed by atoms with E-state index in [2.05, 4.69) is 31.1 Å². The Bertz CT molecular complexity index is 491. The third-order valence-electron chi connectivity index (χ3n) is 2.32. The summed E-state index contributed by atoms with van der Waals surface area (Å²) in [5.41, 5.74) is -0.0122. The number of hydrogen-bond acceptors (Lipinski definition) is 4. The lowest BCUT2D eigenvalue weighted by atomic mass is 10.4. The molecule has 1 N–H and O–H groups in total. The summed E-state index contributed by atoms with van der Waals surface area (Å²) in [7, 11) is 1.19. The van der Waals surface area contributed by atoms with Gasteiger partial charge in [0, 0.05) is 0 Å². The zero-order chi connectivity index (χ0) is 14.6. The molecule has 0 saturated carbocycles. The van der Waals surface area contributed by atoms with E-state index in [4.69, 9.17) is 0 Å². The molecule has 0 radical (unpaired) electrons. The van der Waals surface area contributed by atoms with E-state index in [1.807, 2.05) is 0 Å². The van der Waals surface area contributed by atoms with E-state index in [1.165, 1.54) is 7.11 Å². The van der Waals surface area contributed by atoms with Crippen LogP contribution in [0.2, 0.25) is 0 Å². The molecule has 1 aromatic rings. The molecular weight excluding hydrogens is 328 g/mol. The third-order valence-corrected chi connectivity index (χ3v) is 3.30. The minimum Gasteiger partial charge on any atom is -0.468 e. The van der Waals surface area contributed by atoms with Crippen molar-refractivity contribution in [2.45, 2.75) is 19.9 Å². The number of ether oxygens (including phenoxy) is 1. The third kappa shape index (κ3) is 3.98. The fourth-order valence-corrected chi connectivity index (χ4v) is 1.73. The predicted molar refractivity (Wildman–Crippen MR) is 64.6 cm³/mol.